The Morgan fingerprint density at radius 3 is 2.59 bits per heavy atom. The molecule has 3 aromatic rings. The van der Waals surface area contributed by atoms with Crippen LogP contribution in [0.25, 0.3) is 6.08 Å². The van der Waals surface area contributed by atoms with Crippen LogP contribution < -0.4 is 15.0 Å². The number of benzene rings is 1. The van der Waals surface area contributed by atoms with Gasteiger partial charge in [0, 0.05) is 49.4 Å². The summed E-state index contributed by atoms with van der Waals surface area (Å²) in [6, 6.07) is 6.49. The van der Waals surface area contributed by atoms with Crippen molar-refractivity contribution in [3.8, 4) is 11.6 Å². The van der Waals surface area contributed by atoms with E-state index in [1.165, 1.54) is 12.4 Å². The zero-order valence-corrected chi connectivity index (χ0v) is 19.2. The van der Waals surface area contributed by atoms with Gasteiger partial charge in [0.2, 0.25) is 5.88 Å². The minimum atomic E-state index is -0.599. The van der Waals surface area contributed by atoms with Crippen LogP contribution >= 0.6 is 0 Å². The summed E-state index contributed by atoms with van der Waals surface area (Å²) in [5, 5.41) is 3.10. The van der Waals surface area contributed by atoms with Crippen molar-refractivity contribution < 1.29 is 13.5 Å². The van der Waals surface area contributed by atoms with Gasteiger partial charge in [-0.25, -0.2) is 23.7 Å². The second kappa shape index (κ2) is 9.34. The average molecular weight is 465 g/mol. The number of nitrogens with zero attached hydrogens (tertiary/aromatic N) is 5. The summed E-state index contributed by atoms with van der Waals surface area (Å²) in [7, 11) is 0. The molecule has 0 unspecified atom stereocenters. The Morgan fingerprint density at radius 1 is 1.03 bits per heavy atom. The van der Waals surface area contributed by atoms with E-state index in [1.54, 1.807) is 6.08 Å². The first-order chi connectivity index (χ1) is 16.5. The van der Waals surface area contributed by atoms with Crippen molar-refractivity contribution in [1.29, 1.82) is 0 Å². The summed E-state index contributed by atoms with van der Waals surface area (Å²) in [5.41, 5.74) is 2.57. The first kappa shape index (κ1) is 22.2. The Balaban J connectivity index is 1.27. The van der Waals surface area contributed by atoms with Crippen LogP contribution in [0.1, 0.15) is 25.0 Å². The number of nitrogens with one attached hydrogen (secondary N) is 1. The van der Waals surface area contributed by atoms with Gasteiger partial charge in [-0.05, 0) is 32.0 Å². The number of aromatic nitrogens is 3. The van der Waals surface area contributed by atoms with Crippen LogP contribution in [-0.2, 0) is 6.42 Å². The third-order valence-corrected chi connectivity index (χ3v) is 6.22. The van der Waals surface area contributed by atoms with Crippen LogP contribution in [0.2, 0.25) is 0 Å². The number of ether oxygens (including phenoxy) is 1. The lowest BCUT2D eigenvalue weighted by Gasteiger charge is -2.35. The number of likely N-dealkylation sites (N-methyl/N-ethyl adjacent to an activating group) is 1. The highest BCUT2D eigenvalue weighted by atomic mass is 19.1. The molecule has 2 aromatic heterocycles. The number of piperazine rings is 1. The van der Waals surface area contributed by atoms with E-state index in [0.29, 0.717) is 23.6 Å². The highest BCUT2D eigenvalue weighted by Gasteiger charge is 2.23. The lowest BCUT2D eigenvalue weighted by atomic mass is 10.1. The summed E-state index contributed by atoms with van der Waals surface area (Å²) >= 11 is 0. The van der Waals surface area contributed by atoms with E-state index in [0.717, 1.165) is 50.1 Å². The third-order valence-electron chi connectivity index (χ3n) is 6.22. The molecular formula is C25H26F2N6O. The van der Waals surface area contributed by atoms with E-state index >= 15 is 0 Å². The molecule has 0 bridgehead atoms. The van der Waals surface area contributed by atoms with Crippen molar-refractivity contribution in [1.82, 2.24) is 19.9 Å². The predicted octanol–water partition coefficient (Wildman–Crippen LogP) is 4.79. The lowest BCUT2D eigenvalue weighted by Crippen LogP contribution is -2.46. The fraction of sp³-hybridized carbons (Fsp3) is 0.320. The monoisotopic (exact) mass is 464 g/mol. The fourth-order valence-electron chi connectivity index (χ4n) is 4.32. The van der Waals surface area contributed by atoms with Crippen LogP contribution in [0, 0.1) is 11.6 Å². The molecule has 34 heavy (non-hydrogen) atoms. The summed E-state index contributed by atoms with van der Waals surface area (Å²) in [4.78, 5) is 17.5. The average Bonchev–Trinajstić information content (AvgIpc) is 3.26. The molecule has 176 valence electrons. The van der Waals surface area contributed by atoms with Gasteiger partial charge in [0.1, 0.15) is 23.8 Å². The van der Waals surface area contributed by atoms with E-state index in [-0.39, 0.29) is 17.2 Å². The van der Waals surface area contributed by atoms with Crippen molar-refractivity contribution in [3.05, 3.63) is 65.1 Å². The molecule has 1 fully saturated rings. The van der Waals surface area contributed by atoms with Crippen molar-refractivity contribution in [2.75, 3.05) is 42.9 Å². The van der Waals surface area contributed by atoms with Crippen LogP contribution in [0.15, 0.2) is 42.4 Å². The largest absolute Gasteiger partial charge is 0.436 e. The zero-order valence-electron chi connectivity index (χ0n) is 19.2. The van der Waals surface area contributed by atoms with Crippen LogP contribution in [0.4, 0.5) is 26.1 Å². The standard InChI is InChI=1S/C25H26F2N6O/c1-3-32-6-8-33(9-7-32)17-4-5-22(28-14-17)31-23-13-24(30-15-29-23)34-21-12-20(26)18-10-16(2)11-19(18)25(21)27/h4-5,11-15H,3,6-10H2,1-2H3,(H,28,29,30,31). The number of rotatable bonds is 6. The minimum Gasteiger partial charge on any atom is -0.436 e. The number of hydrogen-bond donors (Lipinski definition) is 1. The number of hydrogen-bond acceptors (Lipinski definition) is 7. The predicted molar refractivity (Wildman–Crippen MR) is 128 cm³/mol. The second-order valence-corrected chi connectivity index (χ2v) is 8.52. The lowest BCUT2D eigenvalue weighted by molar-refractivity contribution is 0.271. The van der Waals surface area contributed by atoms with Crippen molar-refractivity contribution >= 4 is 23.4 Å². The van der Waals surface area contributed by atoms with E-state index in [9.17, 15) is 8.78 Å². The molecule has 1 aliphatic heterocycles. The minimum absolute atomic E-state index is 0.0971. The van der Waals surface area contributed by atoms with E-state index in [4.69, 9.17) is 4.74 Å². The number of anilines is 3. The van der Waals surface area contributed by atoms with Crippen molar-refractivity contribution in [3.63, 3.8) is 0 Å². The Morgan fingerprint density at radius 2 is 1.85 bits per heavy atom. The van der Waals surface area contributed by atoms with Gasteiger partial charge in [-0.1, -0.05) is 18.6 Å². The van der Waals surface area contributed by atoms with Crippen LogP contribution in [-0.4, -0.2) is 52.6 Å². The summed E-state index contributed by atoms with van der Waals surface area (Å²) in [5.74, 6) is -0.168. The molecule has 0 radical (unpaired) electrons. The Bertz CT molecular complexity index is 1220. The maximum Gasteiger partial charge on any atom is 0.224 e. The molecule has 1 aromatic carbocycles. The van der Waals surface area contributed by atoms with E-state index < -0.39 is 11.6 Å². The second-order valence-electron chi connectivity index (χ2n) is 8.52. The zero-order chi connectivity index (χ0) is 23.7. The van der Waals surface area contributed by atoms with Crippen molar-refractivity contribution in [2.45, 2.75) is 20.3 Å². The van der Waals surface area contributed by atoms with Gasteiger partial charge < -0.3 is 19.9 Å². The maximum absolute atomic E-state index is 14.9. The Kier molecular flexibility index (Phi) is 6.10. The van der Waals surface area contributed by atoms with Gasteiger partial charge in [0.25, 0.3) is 0 Å². The first-order valence-electron chi connectivity index (χ1n) is 11.4. The molecule has 1 N–H and O–H groups in total. The molecule has 3 heterocycles. The number of allylic oxidation sites excluding steroid dienone is 1. The highest BCUT2D eigenvalue weighted by molar-refractivity contribution is 5.66. The van der Waals surface area contributed by atoms with Gasteiger partial charge in [-0.3, -0.25) is 0 Å². The molecule has 2 aliphatic rings. The molecule has 9 heteroatoms. The molecule has 5 rings (SSSR count). The third kappa shape index (κ3) is 4.56. The van der Waals surface area contributed by atoms with E-state index in [1.807, 2.05) is 25.3 Å². The number of fused-ring (bicyclic) bond motifs is 1. The maximum atomic E-state index is 14.9. The molecule has 1 aliphatic carbocycles. The quantitative estimate of drug-likeness (QED) is 0.563. The Hall–Kier alpha value is -3.59. The molecular weight excluding hydrogens is 438 g/mol. The van der Waals surface area contributed by atoms with Gasteiger partial charge in [-0.15, -0.1) is 0 Å². The summed E-state index contributed by atoms with van der Waals surface area (Å²) < 4.78 is 34.9. The van der Waals surface area contributed by atoms with Crippen molar-refractivity contribution in [2.24, 2.45) is 0 Å². The summed E-state index contributed by atoms with van der Waals surface area (Å²) in [6.07, 6.45) is 5.18. The highest BCUT2D eigenvalue weighted by Crippen LogP contribution is 2.36. The molecule has 0 saturated carbocycles. The number of halogens is 2. The van der Waals surface area contributed by atoms with Crippen LogP contribution in [0.3, 0.4) is 0 Å². The van der Waals surface area contributed by atoms with Gasteiger partial charge >= 0.3 is 0 Å². The van der Waals surface area contributed by atoms with E-state index in [2.05, 4.69) is 37.0 Å². The molecule has 0 spiro atoms. The molecule has 1 saturated heterocycles. The van der Waals surface area contributed by atoms with Gasteiger partial charge in [0.15, 0.2) is 11.6 Å². The smallest absolute Gasteiger partial charge is 0.224 e. The Labute approximate surface area is 197 Å². The van der Waals surface area contributed by atoms with Gasteiger partial charge in [-0.2, -0.15) is 0 Å². The first-order valence-corrected chi connectivity index (χ1v) is 11.4. The normalized spacial score (nSPS) is 15.8. The number of pyridine rings is 1. The van der Waals surface area contributed by atoms with Gasteiger partial charge in [0.05, 0.1) is 11.9 Å². The topological polar surface area (TPSA) is 66.4 Å². The molecule has 0 amide bonds. The molecule has 0 atom stereocenters. The summed E-state index contributed by atoms with van der Waals surface area (Å²) in [6.45, 7) is 9.14. The molecule has 7 nitrogen and oxygen atoms in total. The SMILES string of the molecule is CCN1CCN(c2ccc(Nc3cc(Oc4cc(F)c5c(c4F)C=C(C)C5)ncn3)nc2)CC1. The fourth-order valence-corrected chi connectivity index (χ4v) is 4.32. The van der Waals surface area contributed by atoms with Crippen LogP contribution in [0.5, 0.6) is 11.6 Å².